The van der Waals surface area contributed by atoms with Crippen LogP contribution in [0.4, 0.5) is 26.3 Å². The van der Waals surface area contributed by atoms with Gasteiger partial charge in [-0.1, -0.05) is 30.3 Å². The van der Waals surface area contributed by atoms with Crippen LogP contribution in [0.15, 0.2) is 67.4 Å². The molecule has 1 aliphatic carbocycles. The van der Waals surface area contributed by atoms with Gasteiger partial charge in [0.05, 0.1) is 12.0 Å². The molecule has 0 amide bonds. The molecule has 4 nitrogen and oxygen atoms in total. The van der Waals surface area contributed by atoms with Crippen molar-refractivity contribution in [3.63, 3.8) is 0 Å². The molecule has 3 aromatic carbocycles. The van der Waals surface area contributed by atoms with Crippen molar-refractivity contribution >= 4 is 23.1 Å². The van der Waals surface area contributed by atoms with Gasteiger partial charge in [0, 0.05) is 34.0 Å². The number of alkyl halides is 3. The van der Waals surface area contributed by atoms with E-state index < -0.39 is 52.9 Å². The molecule has 216 valence electrons. The number of aliphatic carboxylic acids is 1. The van der Waals surface area contributed by atoms with Gasteiger partial charge >= 0.3 is 12.1 Å². The van der Waals surface area contributed by atoms with Crippen molar-refractivity contribution in [2.75, 3.05) is 0 Å². The molecule has 0 aliphatic heterocycles. The standard InChI is InChI=1S/C31H20ClF6NO3/c1-15-17(10-30(40)41)6-18-9-29(39-13-24(15)18)42-14-19-7-23(25(12-26(19)33)31(36,37)38)22-4-2-16(8-27(22)34)21-5-3-20(32)11-28(21)35/h2-5,7-9,11-13,17H,1,6,10,14H2,(H,40,41). The number of nitrogens with zero attached hydrogens (tertiary/aromatic N) is 1. The summed E-state index contributed by atoms with van der Waals surface area (Å²) in [5.74, 6) is -4.30. The largest absolute Gasteiger partial charge is 0.481 e. The lowest BCUT2D eigenvalue weighted by atomic mass is 9.94. The predicted molar refractivity (Wildman–Crippen MR) is 144 cm³/mol. The first-order valence-electron chi connectivity index (χ1n) is 12.5. The summed E-state index contributed by atoms with van der Waals surface area (Å²) >= 11 is 5.76. The van der Waals surface area contributed by atoms with Gasteiger partial charge in [-0.05, 0) is 76.6 Å². The van der Waals surface area contributed by atoms with Gasteiger partial charge in [0.15, 0.2) is 0 Å². The van der Waals surface area contributed by atoms with E-state index in [9.17, 15) is 26.7 Å². The van der Waals surface area contributed by atoms with Crippen molar-refractivity contribution < 1.29 is 41.0 Å². The molecule has 0 saturated heterocycles. The number of ether oxygens (including phenoxy) is 1. The summed E-state index contributed by atoms with van der Waals surface area (Å²) in [5, 5.41) is 9.23. The fourth-order valence-electron chi connectivity index (χ4n) is 4.99. The second kappa shape index (κ2) is 11.2. The highest BCUT2D eigenvalue weighted by molar-refractivity contribution is 6.30. The maximum Gasteiger partial charge on any atom is 0.417 e. The highest BCUT2D eigenvalue weighted by Gasteiger charge is 2.36. The summed E-state index contributed by atoms with van der Waals surface area (Å²) in [7, 11) is 0. The third-order valence-electron chi connectivity index (χ3n) is 7.06. The Kier molecular flexibility index (Phi) is 7.76. The number of carbonyl (C=O) groups is 1. The normalized spacial score (nSPS) is 14.6. The molecule has 1 atom stereocenters. The van der Waals surface area contributed by atoms with Gasteiger partial charge in [0.2, 0.25) is 5.88 Å². The lowest BCUT2D eigenvalue weighted by Crippen LogP contribution is -2.11. The molecule has 1 unspecified atom stereocenters. The zero-order valence-electron chi connectivity index (χ0n) is 21.5. The van der Waals surface area contributed by atoms with Crippen LogP contribution in [0.25, 0.3) is 27.8 Å². The molecule has 11 heteroatoms. The molecular weight excluding hydrogens is 584 g/mol. The van der Waals surface area contributed by atoms with Crippen LogP contribution in [0.2, 0.25) is 5.02 Å². The number of hydrogen-bond acceptors (Lipinski definition) is 3. The Bertz CT molecular complexity index is 1740. The van der Waals surface area contributed by atoms with Crippen LogP contribution in [-0.4, -0.2) is 16.1 Å². The molecule has 5 rings (SSSR count). The van der Waals surface area contributed by atoms with E-state index in [1.165, 1.54) is 24.4 Å². The Morgan fingerprint density at radius 2 is 1.67 bits per heavy atom. The number of benzene rings is 3. The van der Waals surface area contributed by atoms with E-state index >= 15 is 4.39 Å². The van der Waals surface area contributed by atoms with Gasteiger partial charge in [-0.3, -0.25) is 4.79 Å². The van der Waals surface area contributed by atoms with Gasteiger partial charge in [-0.25, -0.2) is 18.2 Å². The summed E-state index contributed by atoms with van der Waals surface area (Å²) in [6.45, 7) is 3.40. The lowest BCUT2D eigenvalue weighted by molar-refractivity contribution is -0.138. The van der Waals surface area contributed by atoms with Gasteiger partial charge in [-0.15, -0.1) is 0 Å². The predicted octanol–water partition coefficient (Wildman–Crippen LogP) is 8.74. The average molecular weight is 604 g/mol. The second-order valence-electron chi connectivity index (χ2n) is 9.80. The van der Waals surface area contributed by atoms with Crippen LogP contribution in [0.3, 0.4) is 0 Å². The fraction of sp³-hybridized carbons (Fsp3) is 0.161. The molecule has 4 aromatic rings. The Morgan fingerprint density at radius 1 is 0.952 bits per heavy atom. The Balaban J connectivity index is 1.45. The topological polar surface area (TPSA) is 59.4 Å². The van der Waals surface area contributed by atoms with E-state index in [0.717, 1.165) is 29.8 Å². The first kappa shape index (κ1) is 29.2. The van der Waals surface area contributed by atoms with E-state index in [1.54, 1.807) is 6.07 Å². The maximum atomic E-state index is 15.3. The van der Waals surface area contributed by atoms with Crippen molar-refractivity contribution in [3.8, 4) is 28.1 Å². The third kappa shape index (κ3) is 5.85. The van der Waals surface area contributed by atoms with Gasteiger partial charge in [-0.2, -0.15) is 13.2 Å². The summed E-state index contributed by atoms with van der Waals surface area (Å²) in [4.78, 5) is 15.3. The summed E-state index contributed by atoms with van der Waals surface area (Å²) in [5.41, 5.74) is -0.699. The Morgan fingerprint density at radius 3 is 2.33 bits per heavy atom. The van der Waals surface area contributed by atoms with Crippen molar-refractivity contribution in [1.82, 2.24) is 4.98 Å². The van der Waals surface area contributed by atoms with Crippen LogP contribution in [-0.2, 0) is 24.0 Å². The number of fused-ring (bicyclic) bond motifs is 1. The van der Waals surface area contributed by atoms with Crippen molar-refractivity contribution in [2.45, 2.75) is 25.6 Å². The molecule has 1 heterocycles. The van der Waals surface area contributed by atoms with E-state index in [2.05, 4.69) is 11.6 Å². The third-order valence-corrected chi connectivity index (χ3v) is 7.29. The van der Waals surface area contributed by atoms with E-state index in [0.29, 0.717) is 17.6 Å². The van der Waals surface area contributed by atoms with Crippen LogP contribution < -0.4 is 4.74 Å². The number of carboxylic acids is 1. The smallest absolute Gasteiger partial charge is 0.417 e. The molecule has 0 bridgehead atoms. The van der Waals surface area contributed by atoms with E-state index in [1.807, 2.05) is 0 Å². The van der Waals surface area contributed by atoms with Crippen LogP contribution in [0.5, 0.6) is 5.88 Å². The molecule has 42 heavy (non-hydrogen) atoms. The fourth-order valence-corrected chi connectivity index (χ4v) is 5.15. The molecular formula is C31H20ClF6NO3. The number of rotatable bonds is 7. The first-order valence-corrected chi connectivity index (χ1v) is 12.9. The highest BCUT2D eigenvalue weighted by atomic mass is 35.5. The van der Waals surface area contributed by atoms with Crippen molar-refractivity contribution in [1.29, 1.82) is 0 Å². The molecule has 0 spiro atoms. The zero-order chi connectivity index (χ0) is 30.3. The maximum absolute atomic E-state index is 15.3. The quantitative estimate of drug-likeness (QED) is 0.215. The number of pyridine rings is 1. The van der Waals surface area contributed by atoms with Crippen molar-refractivity contribution in [2.24, 2.45) is 5.92 Å². The molecule has 1 aromatic heterocycles. The first-order chi connectivity index (χ1) is 19.8. The number of hydrogen-bond donors (Lipinski definition) is 1. The number of allylic oxidation sites excluding steroid dienone is 1. The van der Waals surface area contributed by atoms with E-state index in [4.69, 9.17) is 21.4 Å². The van der Waals surface area contributed by atoms with E-state index in [-0.39, 0.29) is 46.0 Å². The van der Waals surface area contributed by atoms with Gasteiger partial charge in [0.1, 0.15) is 24.1 Å². The number of halogens is 7. The minimum absolute atomic E-state index is 0.00575. The Hall–Kier alpha value is -4.31. The molecule has 0 fully saturated rings. The summed E-state index contributed by atoms with van der Waals surface area (Å²) < 4.78 is 91.7. The lowest BCUT2D eigenvalue weighted by Gasteiger charge is -2.17. The number of carboxylic acid groups (broad SMARTS) is 1. The van der Waals surface area contributed by atoms with Gasteiger partial charge < -0.3 is 9.84 Å². The van der Waals surface area contributed by atoms with Crippen molar-refractivity contribution in [3.05, 3.63) is 112 Å². The SMILES string of the molecule is C=C1c2cnc(OCc3cc(-c4ccc(-c5ccc(Cl)cc5F)cc4F)c(C(F)(F)F)cc3F)cc2CC1CC(=O)O. The van der Waals surface area contributed by atoms with Crippen LogP contribution in [0.1, 0.15) is 28.7 Å². The summed E-state index contributed by atoms with van der Waals surface area (Å²) in [6.07, 6.45) is -3.30. The molecule has 0 radical (unpaired) electrons. The highest BCUT2D eigenvalue weighted by Crippen LogP contribution is 2.41. The zero-order valence-corrected chi connectivity index (χ0v) is 22.3. The molecule has 1 N–H and O–H groups in total. The Labute approximate surface area is 240 Å². The van der Waals surface area contributed by atoms with Crippen LogP contribution in [0, 0.1) is 23.4 Å². The minimum Gasteiger partial charge on any atom is -0.481 e. The molecule has 1 aliphatic rings. The molecule has 0 saturated carbocycles. The van der Waals surface area contributed by atoms with Crippen LogP contribution >= 0.6 is 11.6 Å². The number of aromatic nitrogens is 1. The summed E-state index contributed by atoms with van der Waals surface area (Å²) in [6, 6.07) is 9.61. The average Bonchev–Trinajstić information content (AvgIpc) is 3.21. The second-order valence-corrected chi connectivity index (χ2v) is 10.2. The minimum atomic E-state index is -5.01. The van der Waals surface area contributed by atoms with Gasteiger partial charge in [0.25, 0.3) is 0 Å². The monoisotopic (exact) mass is 603 g/mol.